The zero-order valence-corrected chi connectivity index (χ0v) is 14.2. The van der Waals surface area contributed by atoms with Crippen molar-refractivity contribution in [3.05, 3.63) is 44.3 Å². The summed E-state index contributed by atoms with van der Waals surface area (Å²) in [6, 6.07) is 2.92. The molecule has 1 aromatic carbocycles. The molecule has 21 heavy (non-hydrogen) atoms. The Hall–Kier alpha value is -0.700. The maximum Gasteiger partial charge on any atom is 0.242 e. The van der Waals surface area contributed by atoms with Crippen molar-refractivity contribution in [2.24, 2.45) is 0 Å². The molecular formula is C12H13Cl2N3O2S2. The second-order valence-corrected chi connectivity index (χ2v) is 7.62. The number of nitrogens with zero attached hydrogens (tertiary/aromatic N) is 1. The van der Waals surface area contributed by atoms with E-state index in [1.807, 2.05) is 0 Å². The van der Waals surface area contributed by atoms with Crippen molar-refractivity contribution in [2.45, 2.75) is 18.0 Å². The van der Waals surface area contributed by atoms with Gasteiger partial charge in [-0.1, -0.05) is 23.2 Å². The number of aromatic nitrogens is 1. The summed E-state index contributed by atoms with van der Waals surface area (Å²) in [4.78, 5) is 4.03. The number of hydrogen-bond donors (Lipinski definition) is 2. The van der Waals surface area contributed by atoms with Crippen LogP contribution in [-0.4, -0.2) is 20.4 Å². The third-order valence-electron chi connectivity index (χ3n) is 2.69. The van der Waals surface area contributed by atoms with E-state index >= 15 is 0 Å². The van der Waals surface area contributed by atoms with Gasteiger partial charge in [-0.05, 0) is 19.2 Å². The fraction of sp³-hybridized carbons (Fsp3) is 0.250. The highest BCUT2D eigenvalue weighted by Gasteiger charge is 2.21. The molecule has 0 bridgehead atoms. The molecule has 0 amide bonds. The Labute approximate surface area is 137 Å². The van der Waals surface area contributed by atoms with Crippen molar-refractivity contribution < 1.29 is 8.42 Å². The number of nitrogens with one attached hydrogen (secondary N) is 2. The lowest BCUT2D eigenvalue weighted by atomic mass is 10.2. The van der Waals surface area contributed by atoms with Crippen molar-refractivity contribution in [3.63, 3.8) is 0 Å². The fourth-order valence-corrected chi connectivity index (χ4v) is 4.24. The Morgan fingerprint density at radius 3 is 2.67 bits per heavy atom. The Morgan fingerprint density at radius 1 is 1.29 bits per heavy atom. The van der Waals surface area contributed by atoms with E-state index in [1.54, 1.807) is 18.6 Å². The molecule has 1 aromatic heterocycles. The molecule has 0 atom stereocenters. The Balaban J connectivity index is 2.29. The molecule has 0 aliphatic rings. The smallest absolute Gasteiger partial charge is 0.242 e. The number of halogens is 2. The summed E-state index contributed by atoms with van der Waals surface area (Å²) in [5, 5.41) is 5.92. The average Bonchev–Trinajstić information content (AvgIpc) is 2.94. The third kappa shape index (κ3) is 3.94. The highest BCUT2D eigenvalue weighted by atomic mass is 35.5. The van der Waals surface area contributed by atoms with Gasteiger partial charge in [-0.3, -0.25) is 0 Å². The maximum absolute atomic E-state index is 12.3. The molecule has 0 aliphatic heterocycles. The molecule has 0 unspecified atom stereocenters. The van der Waals surface area contributed by atoms with E-state index in [2.05, 4.69) is 15.0 Å². The molecule has 0 saturated heterocycles. The van der Waals surface area contributed by atoms with Crippen LogP contribution >= 0.6 is 34.5 Å². The molecular weight excluding hydrogens is 353 g/mol. The summed E-state index contributed by atoms with van der Waals surface area (Å²) in [6.07, 6.45) is 1.62. The summed E-state index contributed by atoms with van der Waals surface area (Å²) in [5.74, 6) is 0. The van der Waals surface area contributed by atoms with Gasteiger partial charge in [0.05, 0.1) is 11.6 Å². The van der Waals surface area contributed by atoms with Gasteiger partial charge in [0.15, 0.2) is 0 Å². The summed E-state index contributed by atoms with van der Waals surface area (Å²) in [5.41, 5.74) is 0.554. The zero-order valence-electron chi connectivity index (χ0n) is 11.1. The Kier molecular flexibility index (Phi) is 5.59. The Morgan fingerprint density at radius 2 is 2.05 bits per heavy atom. The van der Waals surface area contributed by atoms with E-state index in [4.69, 9.17) is 23.2 Å². The zero-order chi connectivity index (χ0) is 15.5. The van der Waals surface area contributed by atoms with Crippen LogP contribution in [0.3, 0.4) is 0 Å². The van der Waals surface area contributed by atoms with Crippen LogP contribution < -0.4 is 10.0 Å². The molecule has 0 aliphatic carbocycles. The van der Waals surface area contributed by atoms with Crippen molar-refractivity contribution in [1.29, 1.82) is 0 Å². The average molecular weight is 366 g/mol. The second kappa shape index (κ2) is 7.04. The van der Waals surface area contributed by atoms with Gasteiger partial charge in [0.1, 0.15) is 9.90 Å². The van der Waals surface area contributed by atoms with Crippen LogP contribution in [0.4, 0.5) is 0 Å². The van der Waals surface area contributed by atoms with E-state index in [-0.39, 0.29) is 16.5 Å². The van der Waals surface area contributed by atoms with Crippen LogP contribution in [0, 0.1) is 0 Å². The van der Waals surface area contributed by atoms with Crippen LogP contribution in [0.25, 0.3) is 0 Å². The van der Waals surface area contributed by atoms with Gasteiger partial charge in [-0.2, -0.15) is 0 Å². The SMILES string of the molecule is CNCc1c(Cl)ccc(S(=O)(=O)NCc2nccs2)c1Cl. The summed E-state index contributed by atoms with van der Waals surface area (Å²) >= 11 is 13.6. The van der Waals surface area contributed by atoms with Crippen molar-refractivity contribution >= 4 is 44.6 Å². The molecule has 2 N–H and O–H groups in total. The normalized spacial score (nSPS) is 11.8. The van der Waals surface area contributed by atoms with Crippen LogP contribution in [0.5, 0.6) is 0 Å². The van der Waals surface area contributed by atoms with Gasteiger partial charge in [0.2, 0.25) is 10.0 Å². The monoisotopic (exact) mass is 365 g/mol. The first kappa shape index (κ1) is 16.7. The van der Waals surface area contributed by atoms with E-state index in [0.717, 1.165) is 0 Å². The number of hydrogen-bond acceptors (Lipinski definition) is 5. The molecule has 2 rings (SSSR count). The van der Waals surface area contributed by atoms with Crippen molar-refractivity contribution in [3.8, 4) is 0 Å². The van der Waals surface area contributed by atoms with Crippen LogP contribution in [0.15, 0.2) is 28.6 Å². The van der Waals surface area contributed by atoms with Crippen LogP contribution in [-0.2, 0) is 23.1 Å². The van der Waals surface area contributed by atoms with Gasteiger partial charge < -0.3 is 5.32 Å². The fourth-order valence-electron chi connectivity index (χ4n) is 1.70. The lowest BCUT2D eigenvalue weighted by Gasteiger charge is -2.12. The minimum absolute atomic E-state index is 0.00960. The van der Waals surface area contributed by atoms with E-state index < -0.39 is 10.0 Å². The van der Waals surface area contributed by atoms with Crippen LogP contribution in [0.2, 0.25) is 10.0 Å². The van der Waals surface area contributed by atoms with Gasteiger partial charge >= 0.3 is 0 Å². The lowest BCUT2D eigenvalue weighted by molar-refractivity contribution is 0.581. The van der Waals surface area contributed by atoms with Gasteiger partial charge in [-0.25, -0.2) is 18.1 Å². The first-order valence-corrected chi connectivity index (χ1v) is 9.07. The highest BCUT2D eigenvalue weighted by Crippen LogP contribution is 2.31. The Bertz CT molecular complexity index is 718. The molecule has 0 saturated carbocycles. The first-order chi connectivity index (χ1) is 9.95. The molecule has 114 valence electrons. The topological polar surface area (TPSA) is 71.1 Å². The van der Waals surface area contributed by atoms with Crippen molar-refractivity contribution in [1.82, 2.24) is 15.0 Å². The van der Waals surface area contributed by atoms with Crippen molar-refractivity contribution in [2.75, 3.05) is 7.05 Å². The number of benzene rings is 1. The molecule has 5 nitrogen and oxygen atoms in total. The van der Waals surface area contributed by atoms with E-state index in [0.29, 0.717) is 22.1 Å². The number of thiazole rings is 1. The van der Waals surface area contributed by atoms with Gasteiger partial charge in [0.25, 0.3) is 0 Å². The van der Waals surface area contributed by atoms with Gasteiger partial charge in [0, 0.05) is 28.7 Å². The summed E-state index contributed by atoms with van der Waals surface area (Å²) < 4.78 is 27.1. The molecule has 2 aromatic rings. The summed E-state index contributed by atoms with van der Waals surface area (Å²) in [6.45, 7) is 0.508. The predicted octanol–water partition coefficient (Wildman–Crippen LogP) is 2.65. The highest BCUT2D eigenvalue weighted by molar-refractivity contribution is 7.89. The molecule has 0 radical (unpaired) electrons. The second-order valence-electron chi connectivity index (χ2n) is 4.12. The van der Waals surface area contributed by atoms with Crippen LogP contribution in [0.1, 0.15) is 10.6 Å². The third-order valence-corrected chi connectivity index (χ3v) is 5.81. The summed E-state index contributed by atoms with van der Waals surface area (Å²) in [7, 11) is -2.00. The number of sulfonamides is 1. The van der Waals surface area contributed by atoms with E-state index in [9.17, 15) is 8.42 Å². The number of rotatable bonds is 6. The first-order valence-electron chi connectivity index (χ1n) is 5.95. The minimum Gasteiger partial charge on any atom is -0.316 e. The molecule has 0 fully saturated rings. The van der Waals surface area contributed by atoms with Gasteiger partial charge in [-0.15, -0.1) is 11.3 Å². The standard InChI is InChI=1S/C12H13Cl2N3O2S2/c1-15-6-8-9(13)2-3-10(12(8)14)21(18,19)17-7-11-16-4-5-20-11/h2-5,15,17H,6-7H2,1H3. The molecule has 0 spiro atoms. The predicted molar refractivity (Wildman–Crippen MR) is 85.4 cm³/mol. The molecule has 9 heteroatoms. The maximum atomic E-state index is 12.3. The largest absolute Gasteiger partial charge is 0.316 e. The quantitative estimate of drug-likeness (QED) is 0.825. The molecule has 1 heterocycles. The lowest BCUT2D eigenvalue weighted by Crippen LogP contribution is -2.24. The minimum atomic E-state index is -3.73. The van der Waals surface area contributed by atoms with E-state index in [1.165, 1.54) is 23.5 Å².